The van der Waals surface area contributed by atoms with Crippen molar-refractivity contribution >= 4 is 11.8 Å². The second-order valence-electron chi connectivity index (χ2n) is 4.78. The topological polar surface area (TPSA) is 64.9 Å². The third kappa shape index (κ3) is 1.94. The molecule has 1 aliphatic rings. The van der Waals surface area contributed by atoms with Gasteiger partial charge < -0.3 is 15.2 Å². The van der Waals surface area contributed by atoms with Crippen LogP contribution in [0.25, 0.3) is 0 Å². The van der Waals surface area contributed by atoms with E-state index in [0.29, 0.717) is 11.9 Å². The molecule has 3 heterocycles. The molecule has 1 saturated heterocycles. The Morgan fingerprint density at radius 2 is 2.06 bits per heavy atom. The van der Waals surface area contributed by atoms with E-state index in [1.54, 1.807) is 0 Å². The van der Waals surface area contributed by atoms with E-state index in [1.165, 1.54) is 0 Å². The Morgan fingerprint density at radius 1 is 1.28 bits per heavy atom. The lowest BCUT2D eigenvalue weighted by atomic mass is 10.1. The minimum atomic E-state index is 0.457. The molecule has 2 N–H and O–H groups in total. The summed E-state index contributed by atoms with van der Waals surface area (Å²) in [6, 6.07) is 2.31. The van der Waals surface area contributed by atoms with Crippen LogP contribution in [0.4, 0.5) is 11.8 Å². The van der Waals surface area contributed by atoms with Gasteiger partial charge in [0.15, 0.2) is 0 Å². The molecule has 18 heavy (non-hydrogen) atoms. The number of hydrogen-bond acceptors (Lipinski definition) is 4. The van der Waals surface area contributed by atoms with Gasteiger partial charge in [-0.1, -0.05) is 0 Å². The summed E-state index contributed by atoms with van der Waals surface area (Å²) in [5, 5.41) is 4.29. The number of nitrogens with two attached hydrogens (primary N) is 1. The van der Waals surface area contributed by atoms with Gasteiger partial charge in [-0.15, -0.1) is 0 Å². The Balaban J connectivity index is 1.66. The van der Waals surface area contributed by atoms with E-state index in [0.717, 1.165) is 31.9 Å². The zero-order valence-corrected chi connectivity index (χ0v) is 10.5. The SMILES string of the molecule is Cn1ccnc1N1CCC(n2ccc(N)n2)CC1. The van der Waals surface area contributed by atoms with Crippen LogP contribution in [0, 0.1) is 0 Å². The van der Waals surface area contributed by atoms with Crippen LogP contribution in [0.3, 0.4) is 0 Å². The average Bonchev–Trinajstić information content (AvgIpc) is 2.98. The highest BCUT2D eigenvalue weighted by Gasteiger charge is 2.22. The first-order valence-corrected chi connectivity index (χ1v) is 6.27. The molecule has 0 atom stereocenters. The van der Waals surface area contributed by atoms with E-state index >= 15 is 0 Å². The Morgan fingerprint density at radius 3 is 2.61 bits per heavy atom. The molecular weight excluding hydrogens is 228 g/mol. The van der Waals surface area contributed by atoms with Crippen molar-refractivity contribution in [3.63, 3.8) is 0 Å². The highest BCUT2D eigenvalue weighted by atomic mass is 15.3. The minimum absolute atomic E-state index is 0.457. The van der Waals surface area contributed by atoms with Crippen LogP contribution in [-0.4, -0.2) is 32.4 Å². The second-order valence-corrected chi connectivity index (χ2v) is 4.78. The molecule has 0 bridgehead atoms. The van der Waals surface area contributed by atoms with Crippen molar-refractivity contribution in [2.45, 2.75) is 18.9 Å². The number of imidazole rings is 1. The van der Waals surface area contributed by atoms with Gasteiger partial charge in [-0.2, -0.15) is 5.10 Å². The Labute approximate surface area is 106 Å². The van der Waals surface area contributed by atoms with Gasteiger partial charge in [0.25, 0.3) is 0 Å². The van der Waals surface area contributed by atoms with E-state index < -0.39 is 0 Å². The number of nitrogens with zero attached hydrogens (tertiary/aromatic N) is 5. The van der Waals surface area contributed by atoms with Gasteiger partial charge in [0.1, 0.15) is 5.82 Å². The minimum Gasteiger partial charge on any atom is -0.382 e. The molecule has 2 aromatic heterocycles. The van der Waals surface area contributed by atoms with E-state index in [2.05, 4.69) is 19.5 Å². The molecule has 0 saturated carbocycles. The third-order valence-corrected chi connectivity index (χ3v) is 3.55. The van der Waals surface area contributed by atoms with Crippen molar-refractivity contribution in [3.05, 3.63) is 24.7 Å². The van der Waals surface area contributed by atoms with E-state index in [1.807, 2.05) is 36.4 Å². The fraction of sp³-hybridized carbons (Fsp3) is 0.500. The monoisotopic (exact) mass is 246 g/mol. The lowest BCUT2D eigenvalue weighted by molar-refractivity contribution is 0.364. The maximum atomic E-state index is 5.65. The molecule has 96 valence electrons. The molecular formula is C12H18N6. The molecule has 1 aliphatic heterocycles. The quantitative estimate of drug-likeness (QED) is 0.860. The van der Waals surface area contributed by atoms with Crippen LogP contribution in [0.1, 0.15) is 18.9 Å². The molecule has 0 spiro atoms. The summed E-state index contributed by atoms with van der Waals surface area (Å²) in [5.41, 5.74) is 5.65. The summed E-state index contributed by atoms with van der Waals surface area (Å²) < 4.78 is 4.05. The highest BCUT2D eigenvalue weighted by Crippen LogP contribution is 2.25. The van der Waals surface area contributed by atoms with Crippen LogP contribution < -0.4 is 10.6 Å². The van der Waals surface area contributed by atoms with Gasteiger partial charge in [-0.05, 0) is 18.9 Å². The predicted molar refractivity (Wildman–Crippen MR) is 70.3 cm³/mol. The largest absolute Gasteiger partial charge is 0.382 e. The lowest BCUT2D eigenvalue weighted by Crippen LogP contribution is -2.36. The molecule has 3 rings (SSSR count). The normalized spacial score (nSPS) is 17.3. The average molecular weight is 246 g/mol. The smallest absolute Gasteiger partial charge is 0.205 e. The first kappa shape index (κ1) is 11.1. The van der Waals surface area contributed by atoms with Gasteiger partial charge in [-0.3, -0.25) is 4.68 Å². The molecule has 0 aromatic carbocycles. The van der Waals surface area contributed by atoms with Crippen LogP contribution in [0.5, 0.6) is 0 Å². The van der Waals surface area contributed by atoms with Crippen molar-refractivity contribution in [1.29, 1.82) is 0 Å². The van der Waals surface area contributed by atoms with Crippen molar-refractivity contribution in [1.82, 2.24) is 19.3 Å². The summed E-state index contributed by atoms with van der Waals surface area (Å²) >= 11 is 0. The number of rotatable bonds is 2. The zero-order valence-electron chi connectivity index (χ0n) is 10.5. The van der Waals surface area contributed by atoms with Gasteiger partial charge >= 0.3 is 0 Å². The van der Waals surface area contributed by atoms with Crippen LogP contribution in [0.2, 0.25) is 0 Å². The first-order valence-electron chi connectivity index (χ1n) is 6.27. The summed E-state index contributed by atoms with van der Waals surface area (Å²) in [4.78, 5) is 6.71. The maximum absolute atomic E-state index is 5.65. The number of aromatic nitrogens is 4. The first-order chi connectivity index (χ1) is 8.74. The predicted octanol–water partition coefficient (Wildman–Crippen LogP) is 1.04. The van der Waals surface area contributed by atoms with Crippen molar-refractivity contribution < 1.29 is 0 Å². The summed E-state index contributed by atoms with van der Waals surface area (Å²) in [6.07, 6.45) is 7.95. The number of anilines is 2. The molecule has 6 nitrogen and oxygen atoms in total. The number of nitrogen functional groups attached to an aromatic ring is 1. The number of hydrogen-bond donors (Lipinski definition) is 1. The van der Waals surface area contributed by atoms with Gasteiger partial charge in [0, 0.05) is 38.7 Å². The molecule has 0 unspecified atom stereocenters. The molecule has 6 heteroatoms. The third-order valence-electron chi connectivity index (χ3n) is 3.55. The van der Waals surface area contributed by atoms with E-state index in [4.69, 9.17) is 5.73 Å². The fourth-order valence-electron chi connectivity index (χ4n) is 2.55. The standard InChI is InChI=1S/C12H18N6/c1-16-9-5-14-12(16)17-6-2-10(3-7-17)18-8-4-11(13)15-18/h4-5,8-10H,2-3,6-7H2,1H3,(H2,13,15). The molecule has 0 amide bonds. The van der Waals surface area contributed by atoms with Gasteiger partial charge in [0.2, 0.25) is 5.95 Å². The van der Waals surface area contributed by atoms with E-state index in [-0.39, 0.29) is 0 Å². The van der Waals surface area contributed by atoms with E-state index in [9.17, 15) is 0 Å². The summed E-state index contributed by atoms with van der Waals surface area (Å²) in [5.74, 6) is 1.65. The zero-order chi connectivity index (χ0) is 12.5. The molecule has 1 fully saturated rings. The summed E-state index contributed by atoms with van der Waals surface area (Å²) in [6.45, 7) is 2.02. The van der Waals surface area contributed by atoms with Crippen LogP contribution in [-0.2, 0) is 7.05 Å². The van der Waals surface area contributed by atoms with Crippen molar-refractivity contribution in [2.75, 3.05) is 23.7 Å². The van der Waals surface area contributed by atoms with Gasteiger partial charge in [-0.25, -0.2) is 4.98 Å². The number of aryl methyl sites for hydroxylation is 1. The highest BCUT2D eigenvalue weighted by molar-refractivity contribution is 5.31. The van der Waals surface area contributed by atoms with Crippen molar-refractivity contribution in [2.24, 2.45) is 7.05 Å². The number of piperidine rings is 1. The Hall–Kier alpha value is -1.98. The Bertz CT molecular complexity index is 520. The molecule has 0 radical (unpaired) electrons. The lowest BCUT2D eigenvalue weighted by Gasteiger charge is -2.32. The molecule has 2 aromatic rings. The molecule has 0 aliphatic carbocycles. The van der Waals surface area contributed by atoms with Gasteiger partial charge in [0.05, 0.1) is 6.04 Å². The van der Waals surface area contributed by atoms with Crippen LogP contribution >= 0.6 is 0 Å². The fourth-order valence-corrected chi connectivity index (χ4v) is 2.55. The van der Waals surface area contributed by atoms with Crippen LogP contribution in [0.15, 0.2) is 24.7 Å². The Kier molecular flexibility index (Phi) is 2.70. The maximum Gasteiger partial charge on any atom is 0.205 e. The summed E-state index contributed by atoms with van der Waals surface area (Å²) in [7, 11) is 2.03. The second kappa shape index (κ2) is 4.36. The van der Waals surface area contributed by atoms with Crippen molar-refractivity contribution in [3.8, 4) is 0 Å².